The van der Waals surface area contributed by atoms with E-state index in [4.69, 9.17) is 5.73 Å². The molecule has 4 unspecified atom stereocenters. The number of rotatable bonds is 19. The molecule has 34 nitrogen and oxygen atoms in total. The first-order valence-corrected chi connectivity index (χ1v) is 43.0. The van der Waals surface area contributed by atoms with E-state index in [1.165, 1.54) is 30.4 Å². The molecule has 7 rings (SSSR count). The molecule has 114 heavy (non-hydrogen) atoms. The molecule has 16 atom stereocenters. The number of nitrogens with one attached hydrogen (secondary N) is 14. The summed E-state index contributed by atoms with van der Waals surface area (Å²) in [5.74, 6) is -13.8. The number of amides is 11. The third-order valence-electron chi connectivity index (χ3n) is 22.4. The van der Waals surface area contributed by atoms with E-state index < -0.39 is 204 Å². The average molecular weight is 1640 g/mol. The van der Waals surface area contributed by atoms with Gasteiger partial charge in [-0.05, 0) is 169 Å². The van der Waals surface area contributed by atoms with Gasteiger partial charge in [0, 0.05) is 61.5 Å². The Balaban J connectivity index is 1.23. The second kappa shape index (κ2) is 46.4. The van der Waals surface area contributed by atoms with E-state index in [1.54, 1.807) is 34.6 Å². The number of carbonyl (C=O) groups is 14. The number of carboxylic acids is 2. The summed E-state index contributed by atoms with van der Waals surface area (Å²) in [4.78, 5) is 200. The molecule has 6 aliphatic rings. The Morgan fingerprint density at radius 2 is 1.04 bits per heavy atom. The van der Waals surface area contributed by atoms with Crippen LogP contribution >= 0.6 is 23.5 Å². The number of Topliss-reactive ketones (excluding diaryl/α,β-unsaturated/α-hetero) is 1. The summed E-state index contributed by atoms with van der Waals surface area (Å²) < 4.78 is 0. The fraction of sp³-hybridized carbons (Fsp3) is 0.744. The summed E-state index contributed by atoms with van der Waals surface area (Å²) >= 11 is 2.79. The monoisotopic (exact) mass is 1640 g/mol. The van der Waals surface area contributed by atoms with Crippen LogP contribution in [0.3, 0.4) is 0 Å². The third kappa shape index (κ3) is 30.5. The summed E-state index contributed by atoms with van der Waals surface area (Å²) in [6.07, 6.45) is -0.409. The topological polar surface area (TPSA) is 535 Å². The first kappa shape index (κ1) is 93.6. The van der Waals surface area contributed by atoms with Crippen molar-refractivity contribution >= 4 is 106 Å². The first-order valence-electron chi connectivity index (χ1n) is 40.6. The van der Waals surface area contributed by atoms with Crippen LogP contribution in [-0.2, 0) is 78.6 Å². The Morgan fingerprint density at radius 3 is 1.54 bits per heavy atom. The largest absolute Gasteiger partial charge is 0.481 e. The number of nitrogens with two attached hydrogens (primary N) is 1. The van der Waals surface area contributed by atoms with Gasteiger partial charge >= 0.3 is 11.9 Å². The zero-order chi connectivity index (χ0) is 83.3. The Hall–Kier alpha value is -7.58. The molecule has 5 fully saturated rings. The molecule has 2 aliphatic carbocycles. The van der Waals surface area contributed by atoms with Gasteiger partial charge in [-0.25, -0.2) is 0 Å². The van der Waals surface area contributed by atoms with Crippen molar-refractivity contribution in [3.63, 3.8) is 0 Å². The van der Waals surface area contributed by atoms with Crippen molar-refractivity contribution in [3.8, 4) is 0 Å². The second-order valence-electron chi connectivity index (χ2n) is 32.8. The minimum atomic E-state index is -1.91. The fourth-order valence-corrected chi connectivity index (χ4v) is 17.9. The molecule has 1 aromatic rings. The number of thioether (sulfide) groups is 2. The van der Waals surface area contributed by atoms with Crippen LogP contribution in [0.4, 0.5) is 0 Å². The lowest BCUT2D eigenvalue weighted by atomic mass is 9.82. The number of primary amides is 1. The maximum atomic E-state index is 15.2. The summed E-state index contributed by atoms with van der Waals surface area (Å²) in [5, 5.41) is 92.7. The Morgan fingerprint density at radius 1 is 0.553 bits per heavy atom. The average Bonchev–Trinajstić information content (AvgIpc) is 1.59. The van der Waals surface area contributed by atoms with Crippen LogP contribution in [0, 0.1) is 35.0 Å². The van der Waals surface area contributed by atoms with E-state index in [-0.39, 0.29) is 87.0 Å². The van der Waals surface area contributed by atoms with E-state index in [2.05, 4.69) is 74.4 Å². The van der Waals surface area contributed by atoms with E-state index in [0.29, 0.717) is 101 Å². The summed E-state index contributed by atoms with van der Waals surface area (Å²) in [5.41, 5.74) is 6.74. The lowest BCUT2D eigenvalue weighted by molar-refractivity contribution is -0.142. The molecule has 21 N–H and O–H groups in total. The van der Waals surface area contributed by atoms with Crippen molar-refractivity contribution in [1.82, 2.24) is 74.4 Å². The number of fused-ring (bicyclic) bond motifs is 3. The second-order valence-corrected chi connectivity index (χ2v) is 35.0. The number of aliphatic hydroxyl groups excluding tert-OH is 3. The number of carboxylic acid groups (broad SMARTS) is 2. The number of aliphatic carboxylic acids is 2. The van der Waals surface area contributed by atoms with Crippen LogP contribution in [0.25, 0.3) is 0 Å². The molecular weight excluding hydrogens is 1520 g/mol. The van der Waals surface area contributed by atoms with Crippen molar-refractivity contribution in [2.75, 3.05) is 37.8 Å². The standard InChI is InChI=1S/C78H125N15O19S2/c1-7-11-53-69(104)86-55(24-25-63(99)100)70(105)87-56(30-43-16-20-50(95)21-17-43)72(107)85-54(12-8-2)71(106)93-65(42(3)94)61(97)33-48(67(79)103)40-114-39-46-14-9-13-45(29-46)38-113-28-26-62(98)92-66(78(4,5)6)77(112)91-57(31-44-18-22-51(96)23-19-44)73(108)89-59(34-49-37-80-41-83-49)75(110)90-60(35-64(101)102)76(111)88-58(74(109)84-53)32-47-36-82-68-52(47)15-10-27-81-68/h9,13-14,29,42-44,47-60,65-66,68,80-83,94-96H,7-8,10-12,15-28,30-41H2,1-6H3,(H2,79,103)(H,84,109)(H,85,107)(H,86,104)(H,87,105)(H,88,111)(H,89,108)(H,90,110)(H,91,112)(H,92,98)(H,93,106)(H,99,100)(H,101,102)/t42-,43?,44?,47?,48+,49?,50?,51?,52?,53+,54+,55+,56+,57+,58+,59+,60-,65+,66-,68?/m1/s1. The van der Waals surface area contributed by atoms with E-state index in [9.17, 15) is 78.3 Å². The van der Waals surface area contributed by atoms with Crippen molar-refractivity contribution in [2.45, 2.75) is 292 Å². The number of aliphatic hydroxyl groups is 3. The molecule has 36 heteroatoms. The molecule has 1 aromatic carbocycles. The van der Waals surface area contributed by atoms with Gasteiger partial charge in [-0.15, -0.1) is 0 Å². The van der Waals surface area contributed by atoms with Crippen molar-refractivity contribution < 1.29 is 92.7 Å². The molecule has 638 valence electrons. The number of ketones is 1. The Labute approximate surface area is 675 Å². The number of hydrogen-bond donors (Lipinski definition) is 20. The van der Waals surface area contributed by atoms with Crippen LogP contribution in [0.1, 0.15) is 200 Å². The number of piperidine rings is 1. The van der Waals surface area contributed by atoms with Gasteiger partial charge in [0.1, 0.15) is 60.4 Å². The SMILES string of the molecule is CCC[C@@H]1NC(=O)[C@H](CC2CNC3NCCCC23)NC(=O)[C@@H](CC(=O)O)NC(=O)[C@H](CC2CNCN2)NC(=O)[C@H](CC2CCC(O)CC2)NC(=O)[C@H](C(C)(C)C)NC(=O)CCSCc2cccc(c2)CSC[C@@H](C(N)=O)CC(=O)[C@H]([C@@H](C)O)NC(=O)[C@H](CCC)NC(=O)[C@H](CC2CCC(O)CC2)NC(=O)[C@H](CCC(=O)O)NC1=O. The zero-order valence-corrected chi connectivity index (χ0v) is 68.3. The maximum Gasteiger partial charge on any atom is 0.305 e. The molecule has 3 saturated heterocycles. The molecule has 0 radical (unpaired) electrons. The minimum Gasteiger partial charge on any atom is -0.481 e. The Kier molecular flexibility index (Phi) is 38.1. The van der Waals surface area contributed by atoms with Crippen molar-refractivity contribution in [3.05, 3.63) is 35.4 Å². The lowest BCUT2D eigenvalue weighted by Gasteiger charge is -2.34. The summed E-state index contributed by atoms with van der Waals surface area (Å²) in [7, 11) is 0. The van der Waals surface area contributed by atoms with E-state index in [1.807, 2.05) is 24.3 Å². The maximum absolute atomic E-state index is 15.2. The highest BCUT2D eigenvalue weighted by molar-refractivity contribution is 7.98. The molecule has 2 saturated carbocycles. The highest BCUT2D eigenvalue weighted by Crippen LogP contribution is 2.34. The first-order chi connectivity index (χ1) is 54.2. The summed E-state index contributed by atoms with van der Waals surface area (Å²) in [6, 6.07) is -7.93. The quantitative estimate of drug-likeness (QED) is 0.0835. The van der Waals surface area contributed by atoms with Crippen molar-refractivity contribution in [2.24, 2.45) is 40.7 Å². The molecular formula is C78H125N15O19S2. The fourth-order valence-electron chi connectivity index (χ4n) is 15.9. The van der Waals surface area contributed by atoms with Gasteiger partial charge in [0.2, 0.25) is 65.0 Å². The molecule has 0 aromatic heterocycles. The molecule has 2 bridgehead atoms. The Bertz CT molecular complexity index is 3440. The molecule has 0 spiro atoms. The highest BCUT2D eigenvalue weighted by atomic mass is 32.2. The van der Waals surface area contributed by atoms with Gasteiger partial charge in [0.05, 0.1) is 36.8 Å². The number of carbonyl (C=O) groups excluding carboxylic acids is 12. The predicted octanol–water partition coefficient (Wildman–Crippen LogP) is -0.441. The molecule has 4 heterocycles. The molecule has 4 aliphatic heterocycles. The third-order valence-corrected chi connectivity index (χ3v) is 24.6. The van der Waals surface area contributed by atoms with Crippen LogP contribution in [-0.4, -0.2) is 237 Å². The van der Waals surface area contributed by atoms with Crippen molar-refractivity contribution in [1.29, 1.82) is 0 Å². The van der Waals surface area contributed by atoms with Crippen LogP contribution in [0.2, 0.25) is 0 Å². The van der Waals surface area contributed by atoms with E-state index >= 15 is 14.4 Å². The van der Waals surface area contributed by atoms with Crippen LogP contribution in [0.15, 0.2) is 24.3 Å². The smallest absolute Gasteiger partial charge is 0.305 e. The van der Waals surface area contributed by atoms with Gasteiger partial charge in [-0.3, -0.25) is 67.1 Å². The normalized spacial score (nSPS) is 32.0. The van der Waals surface area contributed by atoms with Gasteiger partial charge in [0.15, 0.2) is 5.78 Å². The van der Waals surface area contributed by atoms with Gasteiger partial charge in [0.25, 0.3) is 0 Å². The lowest BCUT2D eigenvalue weighted by Crippen LogP contribution is -2.62. The highest BCUT2D eigenvalue weighted by Gasteiger charge is 2.44. The van der Waals surface area contributed by atoms with Crippen LogP contribution < -0.4 is 80.2 Å². The van der Waals surface area contributed by atoms with Gasteiger partial charge < -0.3 is 106 Å². The van der Waals surface area contributed by atoms with Crippen LogP contribution in [0.5, 0.6) is 0 Å². The molecule has 11 amide bonds. The number of hydrogen-bond acceptors (Lipinski definition) is 23. The minimum absolute atomic E-state index is 0.00415. The van der Waals surface area contributed by atoms with Gasteiger partial charge in [-0.1, -0.05) is 71.7 Å². The number of benzene rings is 1. The predicted molar refractivity (Wildman–Crippen MR) is 425 cm³/mol. The van der Waals surface area contributed by atoms with Gasteiger partial charge in [-0.2, -0.15) is 23.5 Å². The zero-order valence-electron chi connectivity index (χ0n) is 66.6. The van der Waals surface area contributed by atoms with E-state index in [0.717, 1.165) is 24.0 Å². The summed E-state index contributed by atoms with van der Waals surface area (Å²) in [6.45, 7) is 11.7.